The number of benzene rings is 4. The summed E-state index contributed by atoms with van der Waals surface area (Å²) in [4.78, 5) is 0. The molecule has 0 saturated heterocycles. The molecule has 0 aliphatic carbocycles. The third-order valence-corrected chi connectivity index (χ3v) is 8.60. The molecule has 176 valence electrons. The number of ether oxygens (including phenoxy) is 1. The molecule has 1 unspecified atom stereocenters. The van der Waals surface area contributed by atoms with Crippen LogP contribution in [-0.2, 0) is 5.66 Å². The standard InChI is InChI=1S/C33H20N4O/c1-2-9-21(10-3-1)22-16-17-26-30-31(22)38-28-15-6-14-27-29(28)33(30,36-20-8-19-35(26)36)34-18-7-12-24-23-11-4-5-13-25(23)37(27)32(24)34/h1-20H/q+2. The Morgan fingerprint density at radius 1 is 0.658 bits per heavy atom. The first-order chi connectivity index (χ1) is 18.9. The van der Waals surface area contributed by atoms with Crippen molar-refractivity contribution in [1.82, 2.24) is 9.25 Å². The Hall–Kier alpha value is -5.16. The zero-order valence-corrected chi connectivity index (χ0v) is 20.2. The van der Waals surface area contributed by atoms with Crippen LogP contribution >= 0.6 is 0 Å². The molecule has 0 fully saturated rings. The third kappa shape index (κ3) is 1.88. The number of nitrogens with zero attached hydrogens (tertiary/aromatic N) is 4. The first-order valence-corrected chi connectivity index (χ1v) is 13.0. The normalized spacial score (nSPS) is 17.3. The van der Waals surface area contributed by atoms with Crippen LogP contribution in [0.3, 0.4) is 0 Å². The molecule has 6 heterocycles. The number of hydrogen-bond acceptors (Lipinski definition) is 1. The van der Waals surface area contributed by atoms with Crippen molar-refractivity contribution in [3.05, 3.63) is 133 Å². The molecule has 0 saturated carbocycles. The summed E-state index contributed by atoms with van der Waals surface area (Å²) in [5.74, 6) is 1.81. The topological polar surface area (TPSA) is 26.8 Å². The van der Waals surface area contributed by atoms with E-state index in [1.807, 2.05) is 0 Å². The minimum atomic E-state index is -0.632. The van der Waals surface area contributed by atoms with E-state index in [-0.39, 0.29) is 0 Å². The lowest BCUT2D eigenvalue weighted by Crippen LogP contribution is -2.76. The molecule has 3 aliphatic rings. The van der Waals surface area contributed by atoms with Gasteiger partial charge in [0.15, 0.2) is 22.6 Å². The zero-order chi connectivity index (χ0) is 24.6. The summed E-state index contributed by atoms with van der Waals surface area (Å²) < 4.78 is 16.5. The van der Waals surface area contributed by atoms with Gasteiger partial charge in [0.25, 0.3) is 0 Å². The quantitative estimate of drug-likeness (QED) is 0.267. The largest absolute Gasteiger partial charge is 0.455 e. The van der Waals surface area contributed by atoms with Crippen LogP contribution in [-0.4, -0.2) is 9.25 Å². The van der Waals surface area contributed by atoms with Crippen molar-refractivity contribution in [3.8, 4) is 34.0 Å². The average molecular weight is 489 g/mol. The van der Waals surface area contributed by atoms with Crippen LogP contribution in [0.15, 0.2) is 122 Å². The van der Waals surface area contributed by atoms with Gasteiger partial charge in [0.05, 0.1) is 17.8 Å². The summed E-state index contributed by atoms with van der Waals surface area (Å²) in [6.45, 7) is 0. The molecule has 1 atom stereocenters. The van der Waals surface area contributed by atoms with E-state index >= 15 is 0 Å². The SMILES string of the molecule is c1ccc(-c2ccc3c4c2Oc2cccc5c2C4([n+]2cccc4c6ccccc6n-5c42)[n+]2cccn2-3)cc1. The van der Waals surface area contributed by atoms with E-state index in [9.17, 15) is 0 Å². The number of pyridine rings is 1. The van der Waals surface area contributed by atoms with Crippen molar-refractivity contribution in [3.63, 3.8) is 0 Å². The number of hydrogen-bond donors (Lipinski definition) is 0. The van der Waals surface area contributed by atoms with Gasteiger partial charge in [0, 0.05) is 17.0 Å². The molecule has 0 amide bonds. The van der Waals surface area contributed by atoms with Crippen LogP contribution in [0.4, 0.5) is 0 Å². The van der Waals surface area contributed by atoms with Gasteiger partial charge in [-0.15, -0.1) is 4.68 Å². The van der Waals surface area contributed by atoms with Gasteiger partial charge in [-0.3, -0.25) is 0 Å². The number of fused-ring (bicyclic) bond motifs is 6. The highest BCUT2D eigenvalue weighted by Crippen LogP contribution is 2.56. The van der Waals surface area contributed by atoms with Crippen LogP contribution in [0.25, 0.3) is 44.4 Å². The maximum Gasteiger partial charge on any atom is 0.397 e. The van der Waals surface area contributed by atoms with Crippen molar-refractivity contribution in [2.45, 2.75) is 5.66 Å². The minimum Gasteiger partial charge on any atom is -0.455 e. The minimum absolute atomic E-state index is 0.632. The van der Waals surface area contributed by atoms with Crippen LogP contribution in [0, 0.1) is 0 Å². The fourth-order valence-corrected chi connectivity index (χ4v) is 7.27. The molecule has 0 N–H and O–H groups in total. The van der Waals surface area contributed by atoms with Crippen molar-refractivity contribution >= 4 is 21.9 Å². The molecule has 4 aromatic carbocycles. The van der Waals surface area contributed by atoms with E-state index < -0.39 is 5.66 Å². The van der Waals surface area contributed by atoms with Gasteiger partial charge in [-0.2, -0.15) is 9.13 Å². The highest BCUT2D eigenvalue weighted by atomic mass is 16.5. The summed E-state index contributed by atoms with van der Waals surface area (Å²) in [6.07, 6.45) is 6.58. The Kier molecular flexibility index (Phi) is 3.11. The van der Waals surface area contributed by atoms with Gasteiger partial charge in [-0.05, 0) is 54.1 Å². The summed E-state index contributed by atoms with van der Waals surface area (Å²) >= 11 is 0. The second-order valence-corrected chi connectivity index (χ2v) is 10.3. The second kappa shape index (κ2) is 6.21. The van der Waals surface area contributed by atoms with Crippen molar-refractivity contribution in [2.75, 3.05) is 0 Å². The first-order valence-electron chi connectivity index (χ1n) is 13.0. The summed E-state index contributed by atoms with van der Waals surface area (Å²) in [5, 5.41) is 2.50. The second-order valence-electron chi connectivity index (χ2n) is 10.3. The molecule has 3 aromatic heterocycles. The maximum atomic E-state index is 6.94. The van der Waals surface area contributed by atoms with Crippen molar-refractivity contribution in [2.24, 2.45) is 0 Å². The van der Waals surface area contributed by atoms with Crippen molar-refractivity contribution < 1.29 is 14.0 Å². The molecule has 5 nitrogen and oxygen atoms in total. The Balaban J connectivity index is 1.48. The summed E-state index contributed by atoms with van der Waals surface area (Å²) in [6, 6.07) is 36.8. The molecule has 10 rings (SSSR count). The molecule has 38 heavy (non-hydrogen) atoms. The van der Waals surface area contributed by atoms with Crippen LogP contribution in [0.1, 0.15) is 11.1 Å². The van der Waals surface area contributed by atoms with Gasteiger partial charge in [-0.25, -0.2) is 0 Å². The third-order valence-electron chi connectivity index (χ3n) is 8.60. The molecular formula is C33H20N4O+2. The summed E-state index contributed by atoms with van der Waals surface area (Å²) in [5.41, 5.74) is 8.63. The molecule has 5 heteroatoms. The van der Waals surface area contributed by atoms with Gasteiger partial charge in [-0.1, -0.05) is 53.2 Å². The fraction of sp³-hybridized carbons (Fsp3) is 0.0303. The monoisotopic (exact) mass is 488 g/mol. The molecular weight excluding hydrogens is 468 g/mol. The van der Waals surface area contributed by atoms with Gasteiger partial charge >= 0.3 is 11.3 Å². The Labute approximate surface area is 217 Å². The predicted octanol–water partition coefficient (Wildman–Crippen LogP) is 5.85. The number of aromatic nitrogens is 4. The predicted molar refractivity (Wildman–Crippen MR) is 144 cm³/mol. The van der Waals surface area contributed by atoms with Crippen LogP contribution < -0.4 is 14.0 Å². The highest BCUT2D eigenvalue weighted by Gasteiger charge is 2.68. The number of para-hydroxylation sites is 1. The van der Waals surface area contributed by atoms with E-state index in [1.54, 1.807) is 0 Å². The smallest absolute Gasteiger partial charge is 0.397 e. The zero-order valence-electron chi connectivity index (χ0n) is 20.2. The fourth-order valence-electron chi connectivity index (χ4n) is 7.27. The molecule has 7 aromatic rings. The molecule has 0 bridgehead atoms. The molecule has 0 radical (unpaired) electrons. The van der Waals surface area contributed by atoms with Gasteiger partial charge < -0.3 is 4.74 Å². The van der Waals surface area contributed by atoms with Gasteiger partial charge in [0.1, 0.15) is 17.0 Å². The maximum absolute atomic E-state index is 6.94. The molecule has 3 aliphatic heterocycles. The Morgan fingerprint density at radius 3 is 2.47 bits per heavy atom. The van der Waals surface area contributed by atoms with E-state index in [0.29, 0.717) is 0 Å². The number of rotatable bonds is 1. The van der Waals surface area contributed by atoms with Crippen LogP contribution in [0.2, 0.25) is 0 Å². The van der Waals surface area contributed by atoms with Crippen molar-refractivity contribution in [1.29, 1.82) is 0 Å². The van der Waals surface area contributed by atoms with E-state index in [2.05, 4.69) is 140 Å². The van der Waals surface area contributed by atoms with E-state index in [1.165, 1.54) is 27.5 Å². The first kappa shape index (κ1) is 19.0. The lowest BCUT2D eigenvalue weighted by atomic mass is 9.82. The van der Waals surface area contributed by atoms with E-state index in [0.717, 1.165) is 39.6 Å². The van der Waals surface area contributed by atoms with Gasteiger partial charge in [0.2, 0.25) is 6.20 Å². The summed E-state index contributed by atoms with van der Waals surface area (Å²) in [7, 11) is 0. The van der Waals surface area contributed by atoms with E-state index in [4.69, 9.17) is 4.74 Å². The Bertz CT molecular complexity index is 2170. The Morgan fingerprint density at radius 2 is 1.53 bits per heavy atom. The lowest BCUT2D eigenvalue weighted by Gasteiger charge is -2.33. The lowest BCUT2D eigenvalue weighted by molar-refractivity contribution is -0.987. The van der Waals surface area contributed by atoms with Crippen LogP contribution in [0.5, 0.6) is 11.5 Å². The average Bonchev–Trinajstić information content (AvgIpc) is 3.66. The molecule has 1 spiro atoms. The highest BCUT2D eigenvalue weighted by molar-refractivity contribution is 6.07.